The Labute approximate surface area is 176 Å². The van der Waals surface area contributed by atoms with E-state index in [2.05, 4.69) is 20.8 Å². The molecule has 6 rings (SSSR count). The molecular weight excluding hydrogens is 382 g/mol. The molecule has 30 heavy (non-hydrogen) atoms. The number of tetrazole rings is 1. The molecule has 0 radical (unpaired) electrons. The van der Waals surface area contributed by atoms with Gasteiger partial charge in [-0.1, -0.05) is 0 Å². The molecule has 0 atom stereocenters. The van der Waals surface area contributed by atoms with E-state index in [1.54, 1.807) is 0 Å². The van der Waals surface area contributed by atoms with Crippen molar-refractivity contribution in [2.75, 3.05) is 18.5 Å². The third-order valence-electron chi connectivity index (χ3n) is 7.02. The fourth-order valence-corrected chi connectivity index (χ4v) is 6.29. The van der Waals surface area contributed by atoms with Crippen molar-refractivity contribution in [3.05, 3.63) is 18.5 Å². The van der Waals surface area contributed by atoms with Crippen LogP contribution in [0.2, 0.25) is 0 Å². The zero-order valence-electron chi connectivity index (χ0n) is 17.6. The molecule has 4 aliphatic rings. The van der Waals surface area contributed by atoms with Crippen LogP contribution in [0.3, 0.4) is 0 Å². The molecule has 0 spiro atoms. The average Bonchev–Trinajstić information content (AvgIpc) is 3.23. The fourth-order valence-electron chi connectivity index (χ4n) is 6.29. The molecule has 4 aliphatic carbocycles. The van der Waals surface area contributed by atoms with Gasteiger partial charge in [0.25, 0.3) is 0 Å². The molecule has 8 nitrogen and oxygen atoms in total. The normalized spacial score (nSPS) is 29.1. The van der Waals surface area contributed by atoms with E-state index < -0.39 is 0 Å². The van der Waals surface area contributed by atoms with E-state index in [1.807, 2.05) is 26.0 Å². The maximum Gasteiger partial charge on any atom is 0.230 e. The Bertz CT molecular complexity index is 892. The molecule has 4 bridgehead atoms. The number of nitrogens with zero attached hydrogens (tertiary/aromatic N) is 4. The third kappa shape index (κ3) is 3.32. The van der Waals surface area contributed by atoms with Crippen LogP contribution in [0.5, 0.6) is 11.5 Å². The van der Waals surface area contributed by atoms with Crippen molar-refractivity contribution >= 4 is 11.6 Å². The molecule has 1 aromatic heterocycles. The van der Waals surface area contributed by atoms with E-state index >= 15 is 0 Å². The summed E-state index contributed by atoms with van der Waals surface area (Å²) in [5.74, 6) is 3.50. The molecule has 0 aliphatic heterocycles. The van der Waals surface area contributed by atoms with Gasteiger partial charge in [-0.3, -0.25) is 4.79 Å². The van der Waals surface area contributed by atoms with Crippen LogP contribution in [-0.4, -0.2) is 39.3 Å². The van der Waals surface area contributed by atoms with Crippen molar-refractivity contribution in [1.29, 1.82) is 0 Å². The average molecular weight is 412 g/mol. The van der Waals surface area contributed by atoms with Crippen molar-refractivity contribution in [1.82, 2.24) is 20.2 Å². The summed E-state index contributed by atoms with van der Waals surface area (Å²) in [7, 11) is 0. The van der Waals surface area contributed by atoms with Gasteiger partial charge in [0.2, 0.25) is 5.91 Å². The number of amides is 1. The maximum absolute atomic E-state index is 13.6. The second-order valence-corrected chi connectivity index (χ2v) is 9.09. The van der Waals surface area contributed by atoms with Gasteiger partial charge < -0.3 is 14.8 Å². The summed E-state index contributed by atoms with van der Waals surface area (Å²) < 4.78 is 13.3. The van der Waals surface area contributed by atoms with Gasteiger partial charge >= 0.3 is 0 Å². The number of anilines is 1. The Hall–Kier alpha value is -2.64. The molecule has 0 unspecified atom stereocenters. The van der Waals surface area contributed by atoms with Crippen molar-refractivity contribution in [2.24, 2.45) is 23.2 Å². The third-order valence-corrected chi connectivity index (χ3v) is 7.02. The fraction of sp³-hybridized carbons (Fsp3) is 0.636. The number of nitrogens with one attached hydrogen (secondary N) is 1. The van der Waals surface area contributed by atoms with Gasteiger partial charge in [-0.25, -0.2) is 0 Å². The number of carbonyl (C=O) groups is 1. The van der Waals surface area contributed by atoms with E-state index in [0.717, 1.165) is 37.0 Å². The number of benzene rings is 1. The molecule has 0 saturated heterocycles. The molecule has 1 amide bonds. The van der Waals surface area contributed by atoms with Crippen LogP contribution >= 0.6 is 0 Å². The summed E-state index contributed by atoms with van der Waals surface area (Å²) in [5, 5.41) is 14.6. The topological polar surface area (TPSA) is 91.2 Å². The van der Waals surface area contributed by atoms with Crippen molar-refractivity contribution in [3.8, 4) is 17.2 Å². The molecule has 4 saturated carbocycles. The van der Waals surface area contributed by atoms with E-state index in [9.17, 15) is 4.79 Å². The zero-order chi connectivity index (χ0) is 20.7. The summed E-state index contributed by atoms with van der Waals surface area (Å²) >= 11 is 0. The van der Waals surface area contributed by atoms with Crippen molar-refractivity contribution < 1.29 is 14.3 Å². The lowest BCUT2D eigenvalue weighted by atomic mass is 9.49. The monoisotopic (exact) mass is 411 g/mol. The van der Waals surface area contributed by atoms with E-state index in [-0.39, 0.29) is 11.3 Å². The van der Waals surface area contributed by atoms with Crippen molar-refractivity contribution in [3.63, 3.8) is 0 Å². The Morgan fingerprint density at radius 2 is 1.70 bits per heavy atom. The van der Waals surface area contributed by atoms with Crippen LogP contribution in [0.1, 0.15) is 52.4 Å². The summed E-state index contributed by atoms with van der Waals surface area (Å²) in [6.45, 7) is 4.83. The first-order valence-corrected chi connectivity index (χ1v) is 11.1. The van der Waals surface area contributed by atoms with Gasteiger partial charge in [-0.2, -0.15) is 4.68 Å². The maximum atomic E-state index is 13.6. The standard InChI is InChI=1S/C22H29N5O3/c1-3-29-19-9-18(27-13-23-25-26-27)20(30-4-2)8-17(19)24-21(28)22-10-14-5-15(11-22)7-16(6-14)12-22/h8-9,13-16H,3-7,10-12H2,1-2H3,(H,24,28). The minimum absolute atomic E-state index is 0.139. The summed E-state index contributed by atoms with van der Waals surface area (Å²) in [4.78, 5) is 13.6. The number of carbonyl (C=O) groups excluding carboxylic acids is 1. The summed E-state index contributed by atoms with van der Waals surface area (Å²) in [6, 6.07) is 3.67. The molecule has 8 heteroatoms. The molecular formula is C22H29N5O3. The SMILES string of the molecule is CCOc1cc(-n2cnnn2)c(OCC)cc1NC(=O)C12CC3CC(CC(C3)C1)C2. The Balaban J connectivity index is 1.47. The Kier molecular flexibility index (Phi) is 4.87. The number of rotatable bonds is 7. The second-order valence-electron chi connectivity index (χ2n) is 9.09. The Morgan fingerprint density at radius 1 is 1.07 bits per heavy atom. The van der Waals surface area contributed by atoms with Gasteiger partial charge in [-0.15, -0.1) is 5.10 Å². The quantitative estimate of drug-likeness (QED) is 0.748. The van der Waals surface area contributed by atoms with E-state index in [1.165, 1.54) is 30.3 Å². The zero-order valence-corrected chi connectivity index (χ0v) is 17.6. The minimum Gasteiger partial charge on any atom is -0.492 e. The van der Waals surface area contributed by atoms with Crippen molar-refractivity contribution in [2.45, 2.75) is 52.4 Å². The Morgan fingerprint density at radius 3 is 2.27 bits per heavy atom. The van der Waals surface area contributed by atoms with Crippen LogP contribution in [0, 0.1) is 23.2 Å². The predicted octanol–water partition coefficient (Wildman–Crippen LogP) is 3.61. The van der Waals surface area contributed by atoms with Gasteiger partial charge in [-0.05, 0) is 80.6 Å². The van der Waals surface area contributed by atoms with Crippen LogP contribution in [0.25, 0.3) is 5.69 Å². The highest BCUT2D eigenvalue weighted by atomic mass is 16.5. The lowest BCUT2D eigenvalue weighted by Crippen LogP contribution is -2.51. The number of hydrogen-bond donors (Lipinski definition) is 1. The van der Waals surface area contributed by atoms with Crippen LogP contribution < -0.4 is 14.8 Å². The first-order chi connectivity index (χ1) is 14.6. The number of aromatic nitrogens is 4. The predicted molar refractivity (Wildman–Crippen MR) is 111 cm³/mol. The summed E-state index contributed by atoms with van der Waals surface area (Å²) in [5.41, 5.74) is 1.11. The van der Waals surface area contributed by atoms with Gasteiger partial charge in [0.1, 0.15) is 23.5 Å². The smallest absolute Gasteiger partial charge is 0.230 e. The lowest BCUT2D eigenvalue weighted by Gasteiger charge is -2.55. The molecule has 1 heterocycles. The van der Waals surface area contributed by atoms with Crippen LogP contribution in [0.4, 0.5) is 5.69 Å². The number of hydrogen-bond acceptors (Lipinski definition) is 6. The lowest BCUT2D eigenvalue weighted by molar-refractivity contribution is -0.140. The first-order valence-electron chi connectivity index (χ1n) is 11.1. The highest BCUT2D eigenvalue weighted by Gasteiger charge is 2.54. The highest BCUT2D eigenvalue weighted by Crippen LogP contribution is 2.60. The van der Waals surface area contributed by atoms with Crippen LogP contribution in [0.15, 0.2) is 18.5 Å². The van der Waals surface area contributed by atoms with Crippen LogP contribution in [-0.2, 0) is 4.79 Å². The van der Waals surface area contributed by atoms with Gasteiger partial charge in [0.15, 0.2) is 0 Å². The van der Waals surface area contributed by atoms with E-state index in [4.69, 9.17) is 9.47 Å². The number of ether oxygens (including phenoxy) is 2. The largest absolute Gasteiger partial charge is 0.492 e. The summed E-state index contributed by atoms with van der Waals surface area (Å²) in [6.07, 6.45) is 8.52. The highest BCUT2D eigenvalue weighted by molar-refractivity contribution is 5.97. The molecule has 1 N–H and O–H groups in total. The first kappa shape index (κ1) is 19.3. The molecule has 160 valence electrons. The molecule has 4 fully saturated rings. The van der Waals surface area contributed by atoms with Gasteiger partial charge in [0.05, 0.1) is 24.3 Å². The minimum atomic E-state index is -0.224. The van der Waals surface area contributed by atoms with Gasteiger partial charge in [0, 0.05) is 12.1 Å². The molecule has 2 aromatic rings. The molecule has 1 aromatic carbocycles. The van der Waals surface area contributed by atoms with E-state index in [0.29, 0.717) is 36.1 Å². The second kappa shape index (κ2) is 7.56.